The minimum absolute atomic E-state index is 0.0291. The molecular weight excluding hydrogens is 282 g/mol. The van der Waals surface area contributed by atoms with Crippen molar-refractivity contribution in [2.24, 2.45) is 5.73 Å². The van der Waals surface area contributed by atoms with E-state index in [4.69, 9.17) is 10.3 Å². The third-order valence-corrected chi connectivity index (χ3v) is 3.02. The van der Waals surface area contributed by atoms with Crippen LogP contribution < -0.4 is 5.73 Å². The summed E-state index contributed by atoms with van der Waals surface area (Å²) in [5.74, 6) is 1.17. The number of aryl methyl sites for hydroxylation is 1. The summed E-state index contributed by atoms with van der Waals surface area (Å²) in [6.07, 6.45) is 0.618. The van der Waals surface area contributed by atoms with E-state index in [1.165, 1.54) is 0 Å². The van der Waals surface area contributed by atoms with Crippen LogP contribution in [-0.2, 0) is 6.42 Å². The van der Waals surface area contributed by atoms with E-state index in [-0.39, 0.29) is 6.04 Å². The van der Waals surface area contributed by atoms with Crippen molar-refractivity contribution in [2.75, 3.05) is 0 Å². The van der Waals surface area contributed by atoms with Crippen LogP contribution in [0.2, 0.25) is 0 Å². The van der Waals surface area contributed by atoms with Gasteiger partial charge in [0.25, 0.3) is 5.89 Å². The molecule has 0 radical (unpaired) electrons. The van der Waals surface area contributed by atoms with Crippen LogP contribution in [-0.4, -0.2) is 16.2 Å². The Bertz CT molecular complexity index is 522. The average molecular weight is 296 g/mol. The van der Waals surface area contributed by atoms with Crippen molar-refractivity contribution in [1.82, 2.24) is 10.1 Å². The van der Waals surface area contributed by atoms with Crippen LogP contribution >= 0.6 is 15.9 Å². The summed E-state index contributed by atoms with van der Waals surface area (Å²) in [5, 5.41) is 3.92. The fraction of sp³-hybridized carbons (Fsp3) is 0.333. The van der Waals surface area contributed by atoms with Crippen molar-refractivity contribution >= 4 is 15.9 Å². The van der Waals surface area contributed by atoms with Crippen molar-refractivity contribution in [3.8, 4) is 11.5 Å². The summed E-state index contributed by atoms with van der Waals surface area (Å²) in [6, 6.07) is 6.03. The summed E-state index contributed by atoms with van der Waals surface area (Å²) in [6.45, 7) is 3.94. The van der Waals surface area contributed by atoms with E-state index in [1.807, 2.05) is 32.0 Å². The molecule has 0 saturated heterocycles. The lowest BCUT2D eigenvalue weighted by Gasteiger charge is -2.00. The van der Waals surface area contributed by atoms with Gasteiger partial charge in [-0.05, 0) is 41.9 Å². The van der Waals surface area contributed by atoms with Crippen molar-refractivity contribution < 1.29 is 4.52 Å². The third kappa shape index (κ3) is 2.92. The van der Waals surface area contributed by atoms with Crippen molar-refractivity contribution in [1.29, 1.82) is 0 Å². The second-order valence-corrected chi connectivity index (χ2v) is 5.03. The number of nitrogens with zero attached hydrogens (tertiary/aromatic N) is 2. The van der Waals surface area contributed by atoms with Crippen LogP contribution in [0.3, 0.4) is 0 Å². The van der Waals surface area contributed by atoms with Gasteiger partial charge in [-0.3, -0.25) is 0 Å². The SMILES string of the molecule is Cc1ccc(Br)c(-c2nc(CC(C)N)no2)c1. The molecule has 4 nitrogen and oxygen atoms in total. The van der Waals surface area contributed by atoms with Gasteiger partial charge < -0.3 is 10.3 Å². The van der Waals surface area contributed by atoms with E-state index in [9.17, 15) is 0 Å². The van der Waals surface area contributed by atoms with Gasteiger partial charge in [0.1, 0.15) is 0 Å². The average Bonchev–Trinajstić information content (AvgIpc) is 2.69. The molecule has 0 spiro atoms. The van der Waals surface area contributed by atoms with Crippen molar-refractivity contribution in [2.45, 2.75) is 26.3 Å². The molecule has 0 aliphatic carbocycles. The number of halogens is 1. The zero-order valence-electron chi connectivity index (χ0n) is 9.77. The predicted octanol–water partition coefficient (Wildman–Crippen LogP) is 2.70. The highest BCUT2D eigenvalue weighted by Gasteiger charge is 2.12. The van der Waals surface area contributed by atoms with Crippen LogP contribution in [0.1, 0.15) is 18.3 Å². The Morgan fingerprint density at radius 1 is 1.47 bits per heavy atom. The second kappa shape index (κ2) is 4.98. The summed E-state index contributed by atoms with van der Waals surface area (Å²) < 4.78 is 6.18. The molecule has 0 amide bonds. The molecule has 17 heavy (non-hydrogen) atoms. The number of nitrogens with two attached hydrogens (primary N) is 1. The van der Waals surface area contributed by atoms with Crippen molar-refractivity contribution in [3.05, 3.63) is 34.1 Å². The minimum Gasteiger partial charge on any atom is -0.334 e. The highest BCUT2D eigenvalue weighted by molar-refractivity contribution is 9.10. The summed E-state index contributed by atoms with van der Waals surface area (Å²) >= 11 is 3.47. The van der Waals surface area contributed by atoms with Gasteiger partial charge in [0.15, 0.2) is 5.82 Å². The Morgan fingerprint density at radius 2 is 2.24 bits per heavy atom. The third-order valence-electron chi connectivity index (χ3n) is 2.32. The maximum Gasteiger partial charge on any atom is 0.259 e. The number of aromatic nitrogens is 2. The molecule has 0 bridgehead atoms. The smallest absolute Gasteiger partial charge is 0.259 e. The second-order valence-electron chi connectivity index (χ2n) is 4.18. The Morgan fingerprint density at radius 3 is 2.94 bits per heavy atom. The minimum atomic E-state index is 0.0291. The molecule has 0 fully saturated rings. The first-order chi connectivity index (χ1) is 8.06. The highest BCUT2D eigenvalue weighted by atomic mass is 79.9. The van der Waals surface area contributed by atoms with E-state index in [1.54, 1.807) is 0 Å². The molecule has 1 atom stereocenters. The van der Waals surface area contributed by atoms with E-state index in [2.05, 4.69) is 26.1 Å². The molecule has 2 aromatic rings. The normalized spacial score (nSPS) is 12.7. The quantitative estimate of drug-likeness (QED) is 0.945. The van der Waals surface area contributed by atoms with Crippen LogP contribution in [0.25, 0.3) is 11.5 Å². The molecule has 0 saturated carbocycles. The van der Waals surface area contributed by atoms with Gasteiger partial charge >= 0.3 is 0 Å². The molecule has 1 unspecified atom stereocenters. The lowest BCUT2D eigenvalue weighted by atomic mass is 10.1. The topological polar surface area (TPSA) is 64.9 Å². The van der Waals surface area contributed by atoms with Gasteiger partial charge in [0.05, 0.1) is 5.56 Å². The Balaban J connectivity index is 2.33. The van der Waals surface area contributed by atoms with Gasteiger partial charge in [-0.2, -0.15) is 4.98 Å². The molecule has 2 rings (SSSR count). The summed E-state index contributed by atoms with van der Waals surface area (Å²) in [4.78, 5) is 4.33. The zero-order valence-corrected chi connectivity index (χ0v) is 11.4. The van der Waals surface area contributed by atoms with Crippen LogP contribution in [0, 0.1) is 6.92 Å². The largest absolute Gasteiger partial charge is 0.334 e. The van der Waals surface area contributed by atoms with Gasteiger partial charge in [-0.15, -0.1) is 0 Å². The molecule has 1 heterocycles. The molecular formula is C12H14BrN3O. The van der Waals surface area contributed by atoms with E-state index in [0.29, 0.717) is 18.1 Å². The summed E-state index contributed by atoms with van der Waals surface area (Å²) in [7, 11) is 0. The Kier molecular flexibility index (Phi) is 3.59. The van der Waals surface area contributed by atoms with Gasteiger partial charge in [-0.1, -0.05) is 16.8 Å². The molecule has 90 valence electrons. The first-order valence-corrected chi connectivity index (χ1v) is 6.20. The number of rotatable bonds is 3. The van der Waals surface area contributed by atoms with Gasteiger partial charge in [0, 0.05) is 16.9 Å². The number of hydrogen-bond donors (Lipinski definition) is 1. The van der Waals surface area contributed by atoms with E-state index >= 15 is 0 Å². The predicted molar refractivity (Wildman–Crippen MR) is 69.5 cm³/mol. The monoisotopic (exact) mass is 295 g/mol. The Labute approximate surface area is 108 Å². The van der Waals surface area contributed by atoms with Crippen LogP contribution in [0.4, 0.5) is 0 Å². The lowest BCUT2D eigenvalue weighted by molar-refractivity contribution is 0.420. The molecule has 1 aromatic carbocycles. The first kappa shape index (κ1) is 12.3. The van der Waals surface area contributed by atoms with Crippen LogP contribution in [0.5, 0.6) is 0 Å². The Hall–Kier alpha value is -1.20. The standard InChI is InChI=1S/C12H14BrN3O/c1-7-3-4-10(13)9(5-7)12-15-11(16-17-12)6-8(2)14/h3-5,8H,6,14H2,1-2H3. The van der Waals surface area contributed by atoms with E-state index in [0.717, 1.165) is 15.6 Å². The number of hydrogen-bond acceptors (Lipinski definition) is 4. The fourth-order valence-electron chi connectivity index (χ4n) is 1.54. The number of benzene rings is 1. The van der Waals surface area contributed by atoms with Gasteiger partial charge in [-0.25, -0.2) is 0 Å². The zero-order chi connectivity index (χ0) is 12.4. The molecule has 0 aliphatic heterocycles. The van der Waals surface area contributed by atoms with Crippen molar-refractivity contribution in [3.63, 3.8) is 0 Å². The first-order valence-electron chi connectivity index (χ1n) is 5.41. The summed E-state index contributed by atoms with van der Waals surface area (Å²) in [5.41, 5.74) is 7.75. The molecule has 0 aliphatic rings. The van der Waals surface area contributed by atoms with Gasteiger partial charge in [0.2, 0.25) is 0 Å². The highest BCUT2D eigenvalue weighted by Crippen LogP contribution is 2.27. The maximum atomic E-state index is 5.70. The lowest BCUT2D eigenvalue weighted by Crippen LogP contribution is -2.18. The molecule has 5 heteroatoms. The van der Waals surface area contributed by atoms with Crippen LogP contribution in [0.15, 0.2) is 27.2 Å². The van der Waals surface area contributed by atoms with E-state index < -0.39 is 0 Å². The molecule has 2 N–H and O–H groups in total. The maximum absolute atomic E-state index is 5.70. The molecule has 1 aromatic heterocycles. The fourth-order valence-corrected chi connectivity index (χ4v) is 1.95.